The summed E-state index contributed by atoms with van der Waals surface area (Å²) >= 11 is 1.57. The third kappa shape index (κ3) is 3.39. The smallest absolute Gasteiger partial charge is 0.161 e. The van der Waals surface area contributed by atoms with Crippen LogP contribution < -0.4 is 18.9 Å². The number of nitrogens with zero attached hydrogens (tertiary/aromatic N) is 1. The molecule has 0 amide bonds. The summed E-state index contributed by atoms with van der Waals surface area (Å²) < 4.78 is 21.3. The normalized spacial score (nSPS) is 10.4. The fourth-order valence-corrected chi connectivity index (χ4v) is 3.33. The van der Waals surface area contributed by atoms with E-state index in [2.05, 4.69) is 0 Å². The highest BCUT2D eigenvalue weighted by Gasteiger charge is 2.12. The fraction of sp³-hybridized carbons (Fsp3) is 0.211. The lowest BCUT2D eigenvalue weighted by Crippen LogP contribution is -1.91. The Morgan fingerprint density at radius 3 is 1.76 bits per heavy atom. The molecule has 0 aliphatic heterocycles. The van der Waals surface area contributed by atoms with E-state index >= 15 is 0 Å². The molecule has 0 unspecified atom stereocenters. The number of rotatable bonds is 6. The van der Waals surface area contributed by atoms with Gasteiger partial charge in [0, 0.05) is 16.5 Å². The second-order valence-corrected chi connectivity index (χ2v) is 6.04. The van der Waals surface area contributed by atoms with E-state index < -0.39 is 0 Å². The minimum absolute atomic E-state index is 0.681. The van der Waals surface area contributed by atoms with E-state index in [1.807, 2.05) is 41.8 Å². The summed E-state index contributed by atoms with van der Waals surface area (Å²) in [4.78, 5) is 4.74. The Hall–Kier alpha value is -2.73. The summed E-state index contributed by atoms with van der Waals surface area (Å²) in [5.74, 6) is 2.76. The molecule has 1 aromatic heterocycles. The van der Waals surface area contributed by atoms with E-state index in [4.69, 9.17) is 23.9 Å². The molecule has 0 aliphatic rings. The van der Waals surface area contributed by atoms with E-state index in [0.29, 0.717) is 23.0 Å². The molecule has 130 valence electrons. The van der Waals surface area contributed by atoms with Crippen LogP contribution in [0.15, 0.2) is 41.8 Å². The zero-order chi connectivity index (χ0) is 17.8. The van der Waals surface area contributed by atoms with Crippen molar-refractivity contribution in [3.05, 3.63) is 41.8 Å². The molecule has 0 atom stereocenters. The number of hydrogen-bond donors (Lipinski definition) is 0. The second kappa shape index (κ2) is 7.44. The molecule has 3 rings (SSSR count). The van der Waals surface area contributed by atoms with Gasteiger partial charge in [-0.25, -0.2) is 4.98 Å². The van der Waals surface area contributed by atoms with Crippen LogP contribution in [0.25, 0.3) is 21.8 Å². The van der Waals surface area contributed by atoms with Crippen LogP contribution in [0.4, 0.5) is 0 Å². The Kier molecular flexibility index (Phi) is 5.09. The molecule has 0 saturated carbocycles. The van der Waals surface area contributed by atoms with Crippen molar-refractivity contribution in [1.29, 1.82) is 0 Å². The van der Waals surface area contributed by atoms with E-state index in [1.54, 1.807) is 39.8 Å². The largest absolute Gasteiger partial charge is 0.493 e. The van der Waals surface area contributed by atoms with Gasteiger partial charge in [0.2, 0.25) is 0 Å². The van der Waals surface area contributed by atoms with Crippen molar-refractivity contribution in [2.24, 2.45) is 0 Å². The maximum absolute atomic E-state index is 5.37. The van der Waals surface area contributed by atoms with Crippen molar-refractivity contribution in [1.82, 2.24) is 4.98 Å². The minimum Gasteiger partial charge on any atom is -0.493 e. The van der Waals surface area contributed by atoms with Crippen LogP contribution in [-0.2, 0) is 0 Å². The van der Waals surface area contributed by atoms with Gasteiger partial charge < -0.3 is 18.9 Å². The zero-order valence-electron chi connectivity index (χ0n) is 14.5. The average Bonchev–Trinajstić information content (AvgIpc) is 3.17. The van der Waals surface area contributed by atoms with Crippen LogP contribution in [0.5, 0.6) is 23.0 Å². The van der Waals surface area contributed by atoms with Crippen molar-refractivity contribution >= 4 is 11.3 Å². The van der Waals surface area contributed by atoms with Crippen molar-refractivity contribution in [3.8, 4) is 44.8 Å². The average molecular weight is 357 g/mol. The molecule has 1 heterocycles. The SMILES string of the molecule is COc1ccc(-c2csc(-c3ccc(OC)c(OC)c3)n2)cc1OC. The number of methoxy groups -OCH3 is 4. The lowest BCUT2D eigenvalue weighted by atomic mass is 10.1. The molecular formula is C19H19NO4S. The first-order chi connectivity index (χ1) is 12.2. The predicted molar refractivity (Wildman–Crippen MR) is 99.2 cm³/mol. The van der Waals surface area contributed by atoms with Crippen LogP contribution in [0, 0.1) is 0 Å². The maximum atomic E-state index is 5.37. The van der Waals surface area contributed by atoms with Gasteiger partial charge in [-0.1, -0.05) is 0 Å². The van der Waals surface area contributed by atoms with Crippen LogP contribution in [0.2, 0.25) is 0 Å². The van der Waals surface area contributed by atoms with Crippen LogP contribution in [0.1, 0.15) is 0 Å². The molecular weight excluding hydrogens is 338 g/mol. The summed E-state index contributed by atoms with van der Waals surface area (Å²) in [6, 6.07) is 11.5. The molecule has 25 heavy (non-hydrogen) atoms. The highest BCUT2D eigenvalue weighted by molar-refractivity contribution is 7.13. The van der Waals surface area contributed by atoms with Crippen LogP contribution in [0.3, 0.4) is 0 Å². The van der Waals surface area contributed by atoms with Crippen LogP contribution >= 0.6 is 11.3 Å². The van der Waals surface area contributed by atoms with Gasteiger partial charge in [-0.05, 0) is 36.4 Å². The Morgan fingerprint density at radius 2 is 1.20 bits per heavy atom. The predicted octanol–water partition coefficient (Wildman–Crippen LogP) is 4.51. The van der Waals surface area contributed by atoms with Gasteiger partial charge in [0.15, 0.2) is 23.0 Å². The quantitative estimate of drug-likeness (QED) is 0.649. The molecule has 0 bridgehead atoms. The molecule has 0 aliphatic carbocycles. The van der Waals surface area contributed by atoms with Crippen molar-refractivity contribution < 1.29 is 18.9 Å². The van der Waals surface area contributed by atoms with Gasteiger partial charge in [-0.15, -0.1) is 11.3 Å². The second-order valence-electron chi connectivity index (χ2n) is 5.18. The summed E-state index contributed by atoms with van der Waals surface area (Å²) in [5.41, 5.74) is 2.84. The monoisotopic (exact) mass is 357 g/mol. The Balaban J connectivity index is 1.95. The fourth-order valence-electron chi connectivity index (χ4n) is 2.50. The van der Waals surface area contributed by atoms with Gasteiger partial charge in [-0.2, -0.15) is 0 Å². The van der Waals surface area contributed by atoms with Crippen molar-refractivity contribution in [3.63, 3.8) is 0 Å². The first kappa shape index (κ1) is 17.1. The molecule has 0 saturated heterocycles. The third-order valence-electron chi connectivity index (χ3n) is 3.81. The molecule has 6 heteroatoms. The van der Waals surface area contributed by atoms with Gasteiger partial charge in [0.05, 0.1) is 34.1 Å². The number of ether oxygens (including phenoxy) is 4. The highest BCUT2D eigenvalue weighted by Crippen LogP contribution is 2.37. The molecule has 2 aromatic carbocycles. The lowest BCUT2D eigenvalue weighted by molar-refractivity contribution is 0.355. The Bertz CT molecular complexity index is 806. The van der Waals surface area contributed by atoms with Crippen molar-refractivity contribution in [2.75, 3.05) is 28.4 Å². The number of benzene rings is 2. The minimum atomic E-state index is 0.681. The highest BCUT2D eigenvalue weighted by atomic mass is 32.1. The Morgan fingerprint density at radius 1 is 0.680 bits per heavy atom. The van der Waals surface area contributed by atoms with Gasteiger partial charge in [0.25, 0.3) is 0 Å². The molecule has 0 fully saturated rings. The van der Waals surface area contributed by atoms with E-state index in [-0.39, 0.29) is 0 Å². The molecule has 0 spiro atoms. The van der Waals surface area contributed by atoms with E-state index in [1.165, 1.54) is 0 Å². The maximum Gasteiger partial charge on any atom is 0.161 e. The topological polar surface area (TPSA) is 49.8 Å². The van der Waals surface area contributed by atoms with Gasteiger partial charge in [0.1, 0.15) is 5.01 Å². The summed E-state index contributed by atoms with van der Waals surface area (Å²) in [5, 5.41) is 2.93. The van der Waals surface area contributed by atoms with Gasteiger partial charge in [-0.3, -0.25) is 0 Å². The summed E-state index contributed by atoms with van der Waals surface area (Å²) in [6.45, 7) is 0. The molecule has 5 nitrogen and oxygen atoms in total. The molecule has 0 radical (unpaired) electrons. The van der Waals surface area contributed by atoms with Gasteiger partial charge >= 0.3 is 0 Å². The first-order valence-electron chi connectivity index (χ1n) is 7.60. The Labute approximate surface area is 150 Å². The summed E-state index contributed by atoms with van der Waals surface area (Å²) in [6.07, 6.45) is 0. The summed E-state index contributed by atoms with van der Waals surface area (Å²) in [7, 11) is 6.49. The lowest BCUT2D eigenvalue weighted by Gasteiger charge is -2.09. The first-order valence-corrected chi connectivity index (χ1v) is 8.48. The third-order valence-corrected chi connectivity index (χ3v) is 4.71. The number of aromatic nitrogens is 1. The number of thiazole rings is 1. The zero-order valence-corrected chi connectivity index (χ0v) is 15.3. The number of hydrogen-bond acceptors (Lipinski definition) is 6. The van der Waals surface area contributed by atoms with Crippen molar-refractivity contribution in [2.45, 2.75) is 0 Å². The van der Waals surface area contributed by atoms with Crippen LogP contribution in [-0.4, -0.2) is 33.4 Å². The standard InChI is InChI=1S/C19H19NO4S/c1-21-15-7-5-12(9-17(15)23-3)14-11-25-19(20-14)13-6-8-16(22-2)18(10-13)24-4/h5-11H,1-4H3. The molecule has 3 aromatic rings. The molecule has 0 N–H and O–H groups in total. The van der Waals surface area contributed by atoms with E-state index in [0.717, 1.165) is 21.8 Å². The van der Waals surface area contributed by atoms with E-state index in [9.17, 15) is 0 Å².